The fraction of sp³-hybridized carbons (Fsp3) is 0.455. The van der Waals surface area contributed by atoms with Crippen molar-refractivity contribution in [1.29, 1.82) is 0 Å². The minimum Gasteiger partial charge on any atom is -0.508 e. The minimum atomic E-state index is -2.76. The third-order valence-electron chi connectivity index (χ3n) is 11.4. The molecule has 0 spiro atoms. The van der Waals surface area contributed by atoms with E-state index in [2.05, 4.69) is 116 Å². The summed E-state index contributed by atoms with van der Waals surface area (Å²) in [5.74, 6) is 4.35. The van der Waals surface area contributed by atoms with E-state index in [4.69, 9.17) is 50.6 Å². The van der Waals surface area contributed by atoms with Gasteiger partial charge in [0.2, 0.25) is 0 Å². The van der Waals surface area contributed by atoms with Gasteiger partial charge in [0.1, 0.15) is 17.2 Å². The molecule has 0 radical (unpaired) electrons. The van der Waals surface area contributed by atoms with E-state index in [1.807, 2.05) is 119 Å². The van der Waals surface area contributed by atoms with Crippen LogP contribution in [0, 0.1) is 0 Å². The van der Waals surface area contributed by atoms with Crippen LogP contribution < -0.4 is 19.8 Å². The number of aromatic hydroxyl groups is 1. The molecule has 0 heterocycles. The van der Waals surface area contributed by atoms with Crippen LogP contribution in [-0.2, 0) is 36.0 Å². The molecule has 454 valence electrons. The number of hydrogen-bond acceptors (Lipinski definition) is 11. The Hall–Kier alpha value is -4.88. The van der Waals surface area contributed by atoms with Gasteiger partial charge in [0.25, 0.3) is 0 Å². The number of rotatable bonds is 20. The van der Waals surface area contributed by atoms with Gasteiger partial charge in [-0.25, -0.2) is 0 Å². The first-order valence-corrected chi connectivity index (χ1v) is 29.3. The van der Waals surface area contributed by atoms with Gasteiger partial charge in [-0.1, -0.05) is 212 Å². The molecule has 2 unspecified atom stereocenters. The highest BCUT2D eigenvalue weighted by atomic mass is 35.5. The van der Waals surface area contributed by atoms with E-state index in [1.165, 1.54) is 22.3 Å². The Morgan fingerprint density at radius 2 is 0.575 bits per heavy atom. The van der Waals surface area contributed by atoms with Crippen LogP contribution >= 0.6 is 12.4 Å². The molecule has 2 atom stereocenters. The second-order valence-corrected chi connectivity index (χ2v) is 23.9. The lowest BCUT2D eigenvalue weighted by Crippen LogP contribution is -2.54. The smallest absolute Gasteiger partial charge is 0.508 e. The molecule has 0 amide bonds. The van der Waals surface area contributed by atoms with Gasteiger partial charge in [0.15, 0.2) is 12.6 Å². The summed E-state index contributed by atoms with van der Waals surface area (Å²) < 4.78 is 54.0. The summed E-state index contributed by atoms with van der Waals surface area (Å²) >= 11 is 0. The average Bonchev–Trinajstić information content (AvgIpc) is 3.42. The summed E-state index contributed by atoms with van der Waals surface area (Å²) in [6.45, 7) is 26.4. The Balaban J connectivity index is -0.000000283. The summed E-state index contributed by atoms with van der Waals surface area (Å²) in [5.41, 5.74) is 5.42. The maximum absolute atomic E-state index is 8.94. The first kappa shape index (κ1) is 83.9. The SMILES string of the molecule is C.C.C.C.CC(C)c1ccc(O)cc1.CC(C)c1ccccc1.CC(C)c1ccccc1.CCOC(C)Oc1ccc(C(C)C)cc1.CCOC(C)Oc1ccc([Si](OC)(OC)OC)cc1.CO[Si](OC)(OC)c1ccccc1.Cl. The number of ether oxygens (including phenoxy) is 4. The molecule has 0 saturated heterocycles. The first-order valence-electron chi connectivity index (χ1n) is 25.9. The van der Waals surface area contributed by atoms with E-state index in [0.717, 1.165) is 21.9 Å². The Morgan fingerprint density at radius 3 is 0.825 bits per heavy atom. The maximum Gasteiger partial charge on any atom is 0.536 e. The molecule has 0 aliphatic carbocycles. The Kier molecular flexibility index (Phi) is 50.1. The number of hydrogen-bond donors (Lipinski definition) is 1. The summed E-state index contributed by atoms with van der Waals surface area (Å²) in [6, 6.07) is 53.7. The third-order valence-corrected chi connectivity index (χ3v) is 16.7. The predicted molar refractivity (Wildman–Crippen MR) is 347 cm³/mol. The van der Waals surface area contributed by atoms with Crippen LogP contribution in [0.2, 0.25) is 0 Å². The zero-order chi connectivity index (χ0) is 56.2. The predicted octanol–water partition coefficient (Wildman–Crippen LogP) is 17.0. The van der Waals surface area contributed by atoms with E-state index >= 15 is 0 Å². The molecule has 0 aliphatic heterocycles. The molecule has 6 aromatic carbocycles. The van der Waals surface area contributed by atoms with Crippen molar-refractivity contribution in [1.82, 2.24) is 0 Å². The van der Waals surface area contributed by atoms with Crippen molar-refractivity contribution in [2.24, 2.45) is 0 Å². The normalized spacial score (nSPS) is 11.0. The molecule has 0 saturated carbocycles. The van der Waals surface area contributed by atoms with Gasteiger partial charge in [0, 0.05) is 66.2 Å². The lowest BCUT2D eigenvalue weighted by molar-refractivity contribution is -0.0616. The molecule has 11 nitrogen and oxygen atoms in total. The van der Waals surface area contributed by atoms with Crippen LogP contribution in [0.5, 0.6) is 17.2 Å². The van der Waals surface area contributed by atoms with Crippen molar-refractivity contribution >= 4 is 40.4 Å². The summed E-state index contributed by atoms with van der Waals surface area (Å²) in [5, 5.41) is 10.8. The van der Waals surface area contributed by atoms with Crippen LogP contribution in [0.25, 0.3) is 0 Å². The molecule has 6 aromatic rings. The fourth-order valence-corrected chi connectivity index (χ4v) is 10.6. The van der Waals surface area contributed by atoms with Gasteiger partial charge in [-0.15, -0.1) is 12.4 Å². The van der Waals surface area contributed by atoms with E-state index < -0.39 is 17.6 Å². The van der Waals surface area contributed by atoms with Gasteiger partial charge >= 0.3 is 17.6 Å². The Morgan fingerprint density at radius 1 is 0.338 bits per heavy atom. The van der Waals surface area contributed by atoms with E-state index in [9.17, 15) is 0 Å². The standard InChI is InChI=1S/C13H22O5Si.C13H20O2.C9H14O3Si.C9H12O.2C9H12.4CH4.ClH/c1-6-17-11(2)18-12-7-9-13(10-8-12)19(14-3,15-4)16-5;1-5-14-11(4)15-13-8-6-12(7-9-13)10(2)3;1-10-13(11-2,12-3)9-7-5-4-6-8-9;1-7(2)8-3-5-9(10)6-4-8;2*1-8(2)9-6-4-3-5-7-9;;;;;/h7-11H,6H2,1-5H3;6-11H,5H2,1-4H3;4-8H,1-3H3;3-7,10H,1-2H3;2*3-8H,1-2H3;4*1H4;1H. The summed E-state index contributed by atoms with van der Waals surface area (Å²) in [6.07, 6.45) is -0.454. The van der Waals surface area contributed by atoms with E-state index in [-0.39, 0.29) is 54.7 Å². The quantitative estimate of drug-likeness (QED) is 0.0582. The highest BCUT2D eigenvalue weighted by molar-refractivity contribution is 6.75. The largest absolute Gasteiger partial charge is 0.536 e. The monoisotopic (exact) mass is 1170 g/mol. The van der Waals surface area contributed by atoms with Crippen molar-refractivity contribution in [3.05, 3.63) is 186 Å². The number of phenols is 1. The molecule has 6 rings (SSSR count). The zero-order valence-corrected chi connectivity index (χ0v) is 51.7. The topological polar surface area (TPSA) is 113 Å². The Labute approximate surface area is 496 Å². The van der Waals surface area contributed by atoms with Crippen LogP contribution in [0.1, 0.15) is 159 Å². The molecule has 80 heavy (non-hydrogen) atoms. The lowest BCUT2D eigenvalue weighted by atomic mass is 10.0. The summed E-state index contributed by atoms with van der Waals surface area (Å²) in [7, 11) is 4.21. The van der Waals surface area contributed by atoms with Crippen molar-refractivity contribution in [2.75, 3.05) is 55.9 Å². The summed E-state index contributed by atoms with van der Waals surface area (Å²) in [4.78, 5) is 0. The lowest BCUT2D eigenvalue weighted by Gasteiger charge is -2.24. The number of phenolic OH excluding ortho intramolecular Hbond substituents is 1. The molecule has 0 aliphatic rings. The minimum absolute atomic E-state index is 0. The van der Waals surface area contributed by atoms with Crippen LogP contribution in [0.15, 0.2) is 164 Å². The number of benzene rings is 6. The molecule has 0 bridgehead atoms. The third kappa shape index (κ3) is 31.9. The number of halogens is 1. The van der Waals surface area contributed by atoms with Crippen molar-refractivity contribution in [2.45, 2.75) is 149 Å². The highest BCUT2D eigenvalue weighted by Crippen LogP contribution is 2.21. The van der Waals surface area contributed by atoms with E-state index in [0.29, 0.717) is 42.6 Å². The zero-order valence-electron chi connectivity index (χ0n) is 48.9. The van der Waals surface area contributed by atoms with Gasteiger partial charge in [-0.3, -0.25) is 0 Å². The van der Waals surface area contributed by atoms with Gasteiger partial charge in [-0.05, 0) is 110 Å². The molecular formula is C66H109ClO11Si2. The maximum atomic E-state index is 8.94. The molecule has 0 aromatic heterocycles. The van der Waals surface area contributed by atoms with E-state index in [1.54, 1.807) is 54.8 Å². The van der Waals surface area contributed by atoms with Crippen molar-refractivity contribution < 1.29 is 50.6 Å². The Bertz CT molecular complexity index is 2210. The fourth-order valence-electron chi connectivity index (χ4n) is 6.97. The van der Waals surface area contributed by atoms with Gasteiger partial charge in [0.05, 0.1) is 0 Å². The molecule has 14 heteroatoms. The van der Waals surface area contributed by atoms with Crippen LogP contribution in [0.3, 0.4) is 0 Å². The highest BCUT2D eigenvalue weighted by Gasteiger charge is 2.41. The first-order chi connectivity index (χ1) is 35.8. The van der Waals surface area contributed by atoms with Gasteiger partial charge in [-0.2, -0.15) is 0 Å². The second kappa shape index (κ2) is 47.7. The average molecular weight is 1170 g/mol. The van der Waals surface area contributed by atoms with Crippen molar-refractivity contribution in [3.8, 4) is 17.2 Å². The molecule has 0 fully saturated rings. The van der Waals surface area contributed by atoms with Gasteiger partial charge < -0.3 is 50.6 Å². The molecular weight excluding hydrogens is 1060 g/mol. The van der Waals surface area contributed by atoms with Crippen molar-refractivity contribution in [3.63, 3.8) is 0 Å². The molecule has 1 N–H and O–H groups in total. The van der Waals surface area contributed by atoms with Crippen LogP contribution in [0.4, 0.5) is 0 Å². The second-order valence-electron chi connectivity index (χ2n) is 18.1. The van der Waals surface area contributed by atoms with Crippen LogP contribution in [-0.4, -0.2) is 91.2 Å².